The largest absolute Gasteiger partial charge is 0.393 e. The molecule has 3 rings (SSSR count). The molecule has 168 valence electrons. The maximum Gasteiger partial charge on any atom is 0.351 e. The number of aliphatic hydroxyl groups excluding tert-OH is 2. The molecule has 0 fully saturated rings. The average Bonchev–Trinajstić information content (AvgIpc) is 2.81. The van der Waals surface area contributed by atoms with Crippen LogP contribution in [0.2, 0.25) is 0 Å². The number of benzene rings is 1. The van der Waals surface area contributed by atoms with Gasteiger partial charge in [-0.25, -0.2) is 13.6 Å². The first kappa shape index (κ1) is 23.1. The Hall–Kier alpha value is -3.54. The minimum absolute atomic E-state index is 0.0864. The van der Waals surface area contributed by atoms with Crippen molar-refractivity contribution in [3.63, 3.8) is 0 Å². The van der Waals surface area contributed by atoms with Crippen LogP contribution in [0.1, 0.15) is 16.7 Å². The number of hydrogen-bond acceptors (Lipinski definition) is 7. The fraction of sp³-hybridized carbons (Fsp3) is 0.238. The van der Waals surface area contributed by atoms with Crippen LogP contribution >= 0.6 is 0 Å². The number of aliphatic hydroxyl groups is 2. The molecule has 0 saturated carbocycles. The first-order chi connectivity index (χ1) is 15.4. The number of alkyl halides is 2. The number of anilines is 1. The Bertz CT molecular complexity index is 1090. The minimum Gasteiger partial charge on any atom is -0.393 e. The number of nitrogens with zero attached hydrogens (tertiary/aromatic N) is 3. The lowest BCUT2D eigenvalue weighted by molar-refractivity contribution is -0.165. The highest BCUT2D eigenvalue weighted by molar-refractivity contribution is 6.02. The first-order valence-corrected chi connectivity index (χ1v) is 9.49. The molecule has 2 aromatic heterocycles. The van der Waals surface area contributed by atoms with E-state index in [0.717, 1.165) is 17.3 Å². The van der Waals surface area contributed by atoms with Gasteiger partial charge in [0.15, 0.2) is 6.23 Å². The van der Waals surface area contributed by atoms with Gasteiger partial charge in [0.2, 0.25) is 6.36 Å². The molecule has 3 aromatic rings. The van der Waals surface area contributed by atoms with Crippen LogP contribution in [-0.4, -0.2) is 56.4 Å². The van der Waals surface area contributed by atoms with E-state index in [1.54, 1.807) is 6.07 Å². The second-order valence-electron chi connectivity index (χ2n) is 6.59. The van der Waals surface area contributed by atoms with E-state index in [1.807, 2.05) is 30.3 Å². The summed E-state index contributed by atoms with van der Waals surface area (Å²) in [6.07, 6.45) is -3.32. The topological polar surface area (TPSA) is 127 Å². The molecule has 0 saturated heterocycles. The maximum absolute atomic E-state index is 13.3. The molecule has 3 atom stereocenters. The van der Waals surface area contributed by atoms with E-state index in [1.165, 1.54) is 18.3 Å². The summed E-state index contributed by atoms with van der Waals surface area (Å²) in [4.78, 5) is 32.4. The molecule has 0 spiro atoms. The van der Waals surface area contributed by atoms with Crippen molar-refractivity contribution in [3.05, 3.63) is 77.1 Å². The second kappa shape index (κ2) is 10.7. The van der Waals surface area contributed by atoms with Gasteiger partial charge in [0.05, 0.1) is 6.61 Å². The molecule has 0 radical (unpaired) electrons. The van der Waals surface area contributed by atoms with Crippen molar-refractivity contribution >= 4 is 11.7 Å². The highest BCUT2D eigenvalue weighted by Gasteiger charge is 2.25. The van der Waals surface area contributed by atoms with E-state index < -0.39 is 43.6 Å². The van der Waals surface area contributed by atoms with E-state index in [-0.39, 0.29) is 11.5 Å². The number of hydrogen-bond donors (Lipinski definition) is 3. The maximum atomic E-state index is 13.3. The molecule has 0 aliphatic heterocycles. The van der Waals surface area contributed by atoms with Crippen LogP contribution in [0.3, 0.4) is 0 Å². The number of aromatic nitrogens is 3. The van der Waals surface area contributed by atoms with Crippen molar-refractivity contribution in [3.8, 4) is 11.1 Å². The fourth-order valence-electron chi connectivity index (χ4n) is 2.78. The van der Waals surface area contributed by atoms with Crippen molar-refractivity contribution < 1.29 is 28.5 Å². The molecule has 0 aliphatic rings. The number of rotatable bonds is 9. The predicted molar refractivity (Wildman–Crippen MR) is 110 cm³/mol. The van der Waals surface area contributed by atoms with Gasteiger partial charge in [0.1, 0.15) is 24.3 Å². The van der Waals surface area contributed by atoms with Gasteiger partial charge in [-0.05, 0) is 17.7 Å². The zero-order chi connectivity index (χ0) is 23.1. The van der Waals surface area contributed by atoms with Gasteiger partial charge in [-0.3, -0.25) is 14.3 Å². The van der Waals surface area contributed by atoms with E-state index in [2.05, 4.69) is 15.3 Å². The number of nitrogens with one attached hydrogen (secondary N) is 1. The standard InChI is InChI=1S/C21H20F2N4O5/c22-10-18(32-16(12-28)19(23)29)27-9-8-17(26-21(27)31)25-20(30)15-7-6-14(11-24-15)13-4-2-1-3-5-13/h1-9,11,16,18-19,28-29H,10,12H2,(H,25,26,30,31)/t16-,18-,19-/m1/s1. The van der Waals surface area contributed by atoms with Crippen LogP contribution in [0, 0.1) is 0 Å². The lowest BCUT2D eigenvalue weighted by Crippen LogP contribution is -2.37. The smallest absolute Gasteiger partial charge is 0.351 e. The SMILES string of the molecule is O=C(Nc1ccn([C@@H](CF)O[C@H](CO)[C@@H](O)F)c(=O)n1)c1ccc(-c2ccccc2)cn1. The number of ether oxygens (including phenoxy) is 1. The highest BCUT2D eigenvalue weighted by Crippen LogP contribution is 2.18. The molecule has 11 heteroatoms. The average molecular weight is 446 g/mol. The second-order valence-corrected chi connectivity index (χ2v) is 6.59. The monoisotopic (exact) mass is 446 g/mol. The minimum atomic E-state index is -2.57. The highest BCUT2D eigenvalue weighted by atomic mass is 19.1. The fourth-order valence-corrected chi connectivity index (χ4v) is 2.78. The number of halogens is 2. The summed E-state index contributed by atoms with van der Waals surface area (Å²) < 4.78 is 31.8. The third-order valence-corrected chi connectivity index (χ3v) is 4.44. The molecule has 0 aliphatic carbocycles. The molecule has 0 unspecified atom stereocenters. The van der Waals surface area contributed by atoms with Crippen LogP contribution in [0.4, 0.5) is 14.6 Å². The van der Waals surface area contributed by atoms with E-state index in [0.29, 0.717) is 4.57 Å². The van der Waals surface area contributed by atoms with Crippen LogP contribution in [0.25, 0.3) is 11.1 Å². The summed E-state index contributed by atoms with van der Waals surface area (Å²) in [6, 6.07) is 13.9. The quantitative estimate of drug-likeness (QED) is 0.457. The molecule has 0 bridgehead atoms. The number of carbonyl (C=O) groups excluding carboxylic acids is 1. The summed E-state index contributed by atoms with van der Waals surface area (Å²) in [5, 5.41) is 20.3. The van der Waals surface area contributed by atoms with Crippen molar-refractivity contribution in [1.82, 2.24) is 14.5 Å². The van der Waals surface area contributed by atoms with Crippen LogP contribution in [-0.2, 0) is 4.74 Å². The molecule has 32 heavy (non-hydrogen) atoms. The van der Waals surface area contributed by atoms with Crippen molar-refractivity contribution in [2.24, 2.45) is 0 Å². The Morgan fingerprint density at radius 3 is 2.47 bits per heavy atom. The van der Waals surface area contributed by atoms with Gasteiger partial charge >= 0.3 is 5.69 Å². The van der Waals surface area contributed by atoms with Gasteiger partial charge in [-0.1, -0.05) is 36.4 Å². The Balaban J connectivity index is 1.71. The van der Waals surface area contributed by atoms with Gasteiger partial charge < -0.3 is 20.3 Å². The summed E-state index contributed by atoms with van der Waals surface area (Å²) in [5.41, 5.74) is 0.844. The van der Waals surface area contributed by atoms with Crippen LogP contribution < -0.4 is 11.0 Å². The van der Waals surface area contributed by atoms with E-state index >= 15 is 0 Å². The van der Waals surface area contributed by atoms with E-state index in [9.17, 15) is 18.4 Å². The Kier molecular flexibility index (Phi) is 7.71. The molecular weight excluding hydrogens is 426 g/mol. The molecule has 1 amide bonds. The lowest BCUT2D eigenvalue weighted by atomic mass is 10.1. The van der Waals surface area contributed by atoms with E-state index in [4.69, 9.17) is 14.9 Å². The van der Waals surface area contributed by atoms with Crippen LogP contribution in [0.15, 0.2) is 65.7 Å². The number of pyridine rings is 1. The molecule has 3 N–H and O–H groups in total. The Morgan fingerprint density at radius 1 is 1.16 bits per heavy atom. The summed E-state index contributed by atoms with van der Waals surface area (Å²) in [6.45, 7) is -2.19. The van der Waals surface area contributed by atoms with Gasteiger partial charge in [-0.15, -0.1) is 0 Å². The normalized spacial score (nSPS) is 13.9. The van der Waals surface area contributed by atoms with Gasteiger partial charge in [0.25, 0.3) is 5.91 Å². The summed E-state index contributed by atoms with van der Waals surface area (Å²) in [7, 11) is 0. The van der Waals surface area contributed by atoms with Crippen molar-refractivity contribution in [1.29, 1.82) is 0 Å². The molecule has 2 heterocycles. The summed E-state index contributed by atoms with van der Waals surface area (Å²) >= 11 is 0. The van der Waals surface area contributed by atoms with Crippen LogP contribution in [0.5, 0.6) is 0 Å². The first-order valence-electron chi connectivity index (χ1n) is 9.49. The van der Waals surface area contributed by atoms with Gasteiger partial charge in [0, 0.05) is 18.0 Å². The number of amides is 1. The third-order valence-electron chi connectivity index (χ3n) is 4.44. The Morgan fingerprint density at radius 2 is 1.91 bits per heavy atom. The molecule has 1 aromatic carbocycles. The molecule has 9 nitrogen and oxygen atoms in total. The summed E-state index contributed by atoms with van der Waals surface area (Å²) in [5.74, 6) is -0.736. The lowest BCUT2D eigenvalue weighted by Gasteiger charge is -2.23. The zero-order valence-corrected chi connectivity index (χ0v) is 16.6. The number of carbonyl (C=O) groups is 1. The molecular formula is C21H20F2N4O5. The van der Waals surface area contributed by atoms with Gasteiger partial charge in [-0.2, -0.15) is 4.98 Å². The predicted octanol–water partition coefficient (Wildman–Crippen LogP) is 1.69. The third kappa shape index (κ3) is 5.58. The van der Waals surface area contributed by atoms with Crippen molar-refractivity contribution in [2.45, 2.75) is 18.7 Å². The van der Waals surface area contributed by atoms with Crippen molar-refractivity contribution in [2.75, 3.05) is 18.6 Å². The zero-order valence-electron chi connectivity index (χ0n) is 16.6. The Labute approximate surface area is 181 Å².